The number of hydrogen-bond donors (Lipinski definition) is 2. The molecule has 1 aliphatic heterocycles. The molecule has 44 valence electrons. The van der Waals surface area contributed by atoms with Gasteiger partial charge in [-0.1, -0.05) is 0 Å². The molecule has 0 amide bonds. The second-order valence-electron chi connectivity index (χ2n) is 1.50. The van der Waals surface area contributed by atoms with Crippen LogP contribution in [0.3, 0.4) is 0 Å². The van der Waals surface area contributed by atoms with E-state index in [1.165, 1.54) is 0 Å². The van der Waals surface area contributed by atoms with Crippen molar-refractivity contribution in [3.8, 4) is 0 Å². The van der Waals surface area contributed by atoms with Gasteiger partial charge in [-0.25, -0.2) is 0 Å². The van der Waals surface area contributed by atoms with E-state index >= 15 is 0 Å². The van der Waals surface area contributed by atoms with Crippen LogP contribution in [-0.4, -0.2) is 26.2 Å². The normalized spacial score (nSPS) is 20.6. The lowest BCUT2D eigenvalue weighted by Crippen LogP contribution is -3.00. The second kappa shape index (κ2) is 4.37. The molecule has 0 saturated carbocycles. The van der Waals surface area contributed by atoms with E-state index in [9.17, 15) is 0 Å². The maximum absolute atomic E-state index is 3.22. The topological polar surface area (TPSA) is 24.1 Å². The first-order valence-corrected chi connectivity index (χ1v) is 2.41. The highest BCUT2D eigenvalue weighted by Gasteiger charge is 1.91. The Balaban J connectivity index is 0.000000360. The third-order valence-corrected chi connectivity index (χ3v) is 0.957. The molecule has 0 spiro atoms. The van der Waals surface area contributed by atoms with E-state index in [4.69, 9.17) is 0 Å². The zero-order valence-electron chi connectivity index (χ0n) is 4.21. The van der Waals surface area contributed by atoms with E-state index in [-0.39, 0.29) is 12.4 Å². The Labute approximate surface area is 50.1 Å². The molecular formula is C4H10ClN2-. The van der Waals surface area contributed by atoms with Gasteiger partial charge < -0.3 is 23.0 Å². The SMILES string of the molecule is C1CNCCN1.[Cl-]. The minimum atomic E-state index is 0. The van der Waals surface area contributed by atoms with Gasteiger partial charge in [-0.15, -0.1) is 0 Å². The first-order chi connectivity index (χ1) is 3.00. The second-order valence-corrected chi connectivity index (χ2v) is 1.50. The third kappa shape index (κ3) is 2.85. The van der Waals surface area contributed by atoms with Crippen LogP contribution in [0, 0.1) is 0 Å². The van der Waals surface area contributed by atoms with Crippen molar-refractivity contribution in [2.45, 2.75) is 0 Å². The fourth-order valence-electron chi connectivity index (χ4n) is 0.604. The highest BCUT2D eigenvalue weighted by atomic mass is 35.5. The van der Waals surface area contributed by atoms with Crippen molar-refractivity contribution in [1.29, 1.82) is 0 Å². The van der Waals surface area contributed by atoms with Gasteiger partial charge in [0.25, 0.3) is 0 Å². The Bertz CT molecular complexity index is 25.2. The molecule has 3 heteroatoms. The van der Waals surface area contributed by atoms with E-state index in [0.29, 0.717) is 0 Å². The van der Waals surface area contributed by atoms with Crippen LogP contribution in [0.2, 0.25) is 0 Å². The molecule has 0 bridgehead atoms. The fraction of sp³-hybridized carbons (Fsp3) is 1.00. The van der Waals surface area contributed by atoms with Crippen molar-refractivity contribution < 1.29 is 12.4 Å². The van der Waals surface area contributed by atoms with Gasteiger partial charge >= 0.3 is 0 Å². The van der Waals surface area contributed by atoms with Crippen molar-refractivity contribution in [3.05, 3.63) is 0 Å². The van der Waals surface area contributed by atoms with Crippen LogP contribution < -0.4 is 23.0 Å². The Hall–Kier alpha value is 0.210. The molecule has 1 aliphatic rings. The van der Waals surface area contributed by atoms with E-state index in [0.717, 1.165) is 26.2 Å². The Kier molecular flexibility index (Phi) is 4.50. The van der Waals surface area contributed by atoms with Gasteiger partial charge in [-0.05, 0) is 0 Å². The molecule has 1 rings (SSSR count). The molecule has 0 radical (unpaired) electrons. The fourth-order valence-corrected chi connectivity index (χ4v) is 0.604. The molecule has 0 aromatic carbocycles. The molecule has 0 aromatic rings. The summed E-state index contributed by atoms with van der Waals surface area (Å²) in [6.45, 7) is 4.56. The summed E-state index contributed by atoms with van der Waals surface area (Å²) in [4.78, 5) is 0. The molecule has 0 aliphatic carbocycles. The number of piperazine rings is 1. The van der Waals surface area contributed by atoms with Crippen LogP contribution in [0.25, 0.3) is 0 Å². The summed E-state index contributed by atoms with van der Waals surface area (Å²) < 4.78 is 0. The van der Waals surface area contributed by atoms with E-state index in [2.05, 4.69) is 10.6 Å². The van der Waals surface area contributed by atoms with Crippen molar-refractivity contribution >= 4 is 0 Å². The summed E-state index contributed by atoms with van der Waals surface area (Å²) in [6, 6.07) is 0. The summed E-state index contributed by atoms with van der Waals surface area (Å²) in [5.74, 6) is 0. The van der Waals surface area contributed by atoms with Gasteiger partial charge in [0.05, 0.1) is 0 Å². The van der Waals surface area contributed by atoms with Crippen LogP contribution in [-0.2, 0) is 0 Å². The van der Waals surface area contributed by atoms with Gasteiger partial charge in [-0.2, -0.15) is 0 Å². The van der Waals surface area contributed by atoms with Crippen LogP contribution in [0.15, 0.2) is 0 Å². The van der Waals surface area contributed by atoms with Crippen molar-refractivity contribution in [3.63, 3.8) is 0 Å². The molecular weight excluding hydrogens is 112 g/mol. The molecule has 2 N–H and O–H groups in total. The minimum absolute atomic E-state index is 0. The minimum Gasteiger partial charge on any atom is -1.00 e. The van der Waals surface area contributed by atoms with Gasteiger partial charge in [0.15, 0.2) is 0 Å². The molecule has 7 heavy (non-hydrogen) atoms. The van der Waals surface area contributed by atoms with Crippen LogP contribution in [0.4, 0.5) is 0 Å². The molecule has 0 unspecified atom stereocenters. The number of hydrogen-bond acceptors (Lipinski definition) is 2. The predicted octanol–water partition coefficient (Wildman–Crippen LogP) is -3.82. The summed E-state index contributed by atoms with van der Waals surface area (Å²) in [6.07, 6.45) is 0. The van der Waals surface area contributed by atoms with E-state index in [1.807, 2.05) is 0 Å². The number of rotatable bonds is 0. The molecule has 0 aromatic heterocycles. The molecule has 2 nitrogen and oxygen atoms in total. The van der Waals surface area contributed by atoms with Gasteiger partial charge in [-0.3, -0.25) is 0 Å². The smallest absolute Gasteiger partial charge is 0.00772 e. The average molecular weight is 122 g/mol. The van der Waals surface area contributed by atoms with Crippen LogP contribution >= 0.6 is 0 Å². The monoisotopic (exact) mass is 121 g/mol. The highest BCUT2D eigenvalue weighted by molar-refractivity contribution is 4.59. The summed E-state index contributed by atoms with van der Waals surface area (Å²) in [7, 11) is 0. The predicted molar refractivity (Wildman–Crippen MR) is 25.7 cm³/mol. The lowest BCUT2D eigenvalue weighted by atomic mass is 10.4. The summed E-state index contributed by atoms with van der Waals surface area (Å²) >= 11 is 0. The highest BCUT2D eigenvalue weighted by Crippen LogP contribution is 1.65. The zero-order chi connectivity index (χ0) is 4.24. The molecule has 1 fully saturated rings. The Morgan fingerprint density at radius 3 is 1.14 bits per heavy atom. The first-order valence-electron chi connectivity index (χ1n) is 2.41. The zero-order valence-corrected chi connectivity index (χ0v) is 4.96. The van der Waals surface area contributed by atoms with Gasteiger partial charge in [0, 0.05) is 26.2 Å². The van der Waals surface area contributed by atoms with Gasteiger partial charge in [0.1, 0.15) is 0 Å². The Morgan fingerprint density at radius 2 is 1.00 bits per heavy atom. The number of nitrogens with one attached hydrogen (secondary N) is 2. The van der Waals surface area contributed by atoms with Crippen LogP contribution in [0.1, 0.15) is 0 Å². The summed E-state index contributed by atoms with van der Waals surface area (Å²) in [5, 5.41) is 6.44. The van der Waals surface area contributed by atoms with Gasteiger partial charge in [0.2, 0.25) is 0 Å². The van der Waals surface area contributed by atoms with E-state index in [1.54, 1.807) is 0 Å². The Morgan fingerprint density at radius 1 is 0.714 bits per heavy atom. The number of halogens is 1. The molecule has 1 saturated heterocycles. The largest absolute Gasteiger partial charge is 1.00 e. The van der Waals surface area contributed by atoms with Crippen molar-refractivity contribution in [1.82, 2.24) is 10.6 Å². The lowest BCUT2D eigenvalue weighted by Gasteiger charge is -2.11. The first kappa shape index (κ1) is 7.21. The van der Waals surface area contributed by atoms with Crippen molar-refractivity contribution in [2.24, 2.45) is 0 Å². The standard InChI is InChI=1S/C4H10N2.ClH/c1-2-6-4-3-5-1;/h5-6H,1-4H2;1H/p-1. The van der Waals surface area contributed by atoms with Crippen LogP contribution in [0.5, 0.6) is 0 Å². The van der Waals surface area contributed by atoms with E-state index < -0.39 is 0 Å². The maximum atomic E-state index is 3.22. The molecule has 0 atom stereocenters. The lowest BCUT2D eigenvalue weighted by molar-refractivity contribution is -0.00000133. The summed E-state index contributed by atoms with van der Waals surface area (Å²) in [5.41, 5.74) is 0. The third-order valence-electron chi connectivity index (χ3n) is 0.957. The van der Waals surface area contributed by atoms with Crippen molar-refractivity contribution in [2.75, 3.05) is 26.2 Å². The molecule has 1 heterocycles. The average Bonchev–Trinajstić information content (AvgIpc) is 1.72. The maximum Gasteiger partial charge on any atom is 0.00772 e. The quantitative estimate of drug-likeness (QED) is 0.344.